The second-order valence-electron chi connectivity index (χ2n) is 26.7. The summed E-state index contributed by atoms with van der Waals surface area (Å²) in [5.74, 6) is -0.0498. The molecule has 0 fully saturated rings. The maximum Gasteiger partial charge on any atom is 0.305 e. The predicted molar refractivity (Wildman–Crippen MR) is 375 cm³/mol. The van der Waals surface area contributed by atoms with Crippen LogP contribution in [0.4, 0.5) is 0 Å². The molecule has 2 atom stereocenters. The maximum atomic E-state index is 12.6. The molecule has 0 aliphatic carbocycles. The molecule has 0 bridgehead atoms. The Kier molecular flexibility index (Phi) is 72.9. The molecule has 6 heteroatoms. The molecule has 85 heavy (non-hydrogen) atoms. The number of nitrogens with one attached hydrogen (secondary N) is 1. The first kappa shape index (κ1) is 83.1. The van der Waals surface area contributed by atoms with Crippen LogP contribution < -0.4 is 5.32 Å². The standard InChI is InChI=1S/C79H151NO5/c1-3-5-7-9-11-13-15-17-19-21-22-23-24-30-33-36-40-43-47-51-55-59-63-67-71-77(82)76(75-81)80-78(83)72-68-64-60-56-52-48-44-41-37-34-31-28-26-25-27-29-32-35-38-42-46-50-54-58-62-66-70-74-85-79(84)73-69-65-61-57-53-49-45-39-20-18-16-14-12-10-8-6-4-2/h12,14,18,20,67,71,76-77,81-82H,3-11,13,15-17,19,21-66,68-70,72-75H2,1-2H3,(H,80,83)/b14-12-,20-18-,71-67+. The Morgan fingerprint density at radius 1 is 0.329 bits per heavy atom. The Labute approximate surface area is 532 Å². The van der Waals surface area contributed by atoms with E-state index in [1.165, 1.54) is 353 Å². The van der Waals surface area contributed by atoms with Gasteiger partial charge >= 0.3 is 5.97 Å². The summed E-state index contributed by atoms with van der Waals surface area (Å²) in [4.78, 5) is 24.7. The number of unbranched alkanes of at least 4 members (excludes halogenated alkanes) is 58. The van der Waals surface area contributed by atoms with Gasteiger partial charge in [-0.25, -0.2) is 0 Å². The summed E-state index contributed by atoms with van der Waals surface area (Å²) in [7, 11) is 0. The number of carbonyl (C=O) groups excluding carboxylic acids is 2. The van der Waals surface area contributed by atoms with E-state index in [0.29, 0.717) is 19.4 Å². The van der Waals surface area contributed by atoms with E-state index in [-0.39, 0.29) is 18.5 Å². The van der Waals surface area contributed by atoms with Gasteiger partial charge in [0.2, 0.25) is 5.91 Å². The molecule has 0 saturated carbocycles. The summed E-state index contributed by atoms with van der Waals surface area (Å²) >= 11 is 0. The first-order valence-corrected chi connectivity index (χ1v) is 38.8. The van der Waals surface area contributed by atoms with Crippen LogP contribution in [0.3, 0.4) is 0 Å². The van der Waals surface area contributed by atoms with Crippen LogP contribution in [-0.4, -0.2) is 47.4 Å². The molecule has 2 unspecified atom stereocenters. The number of amides is 1. The van der Waals surface area contributed by atoms with E-state index in [2.05, 4.69) is 43.5 Å². The number of aliphatic hydroxyl groups is 2. The molecule has 0 saturated heterocycles. The molecule has 0 aliphatic rings. The third kappa shape index (κ3) is 71.0. The van der Waals surface area contributed by atoms with Crippen molar-refractivity contribution in [2.75, 3.05) is 13.2 Å². The van der Waals surface area contributed by atoms with Crippen LogP contribution in [0.15, 0.2) is 36.5 Å². The number of ether oxygens (including phenoxy) is 1. The van der Waals surface area contributed by atoms with Crippen LogP contribution in [0, 0.1) is 0 Å². The summed E-state index contributed by atoms with van der Waals surface area (Å²) in [5.41, 5.74) is 0. The van der Waals surface area contributed by atoms with Gasteiger partial charge in [0.15, 0.2) is 0 Å². The zero-order valence-corrected chi connectivity index (χ0v) is 57.6. The lowest BCUT2D eigenvalue weighted by atomic mass is 10.0. The van der Waals surface area contributed by atoms with E-state index < -0.39 is 12.1 Å². The average Bonchev–Trinajstić information content (AvgIpc) is 3.51. The first-order chi connectivity index (χ1) is 42.0. The molecule has 0 radical (unpaired) electrons. The molecule has 0 aliphatic heterocycles. The lowest BCUT2D eigenvalue weighted by Crippen LogP contribution is -2.45. The van der Waals surface area contributed by atoms with Crippen molar-refractivity contribution < 1.29 is 24.5 Å². The summed E-state index contributed by atoms with van der Waals surface area (Å²) in [6.45, 7) is 4.92. The molecular formula is C79H151NO5. The Balaban J connectivity index is 3.38. The van der Waals surface area contributed by atoms with Gasteiger partial charge in [0.25, 0.3) is 0 Å². The highest BCUT2D eigenvalue weighted by molar-refractivity contribution is 5.76. The van der Waals surface area contributed by atoms with E-state index >= 15 is 0 Å². The van der Waals surface area contributed by atoms with Gasteiger partial charge in [-0.15, -0.1) is 0 Å². The molecular weight excluding hydrogens is 1040 g/mol. The van der Waals surface area contributed by atoms with E-state index in [1.807, 2.05) is 6.08 Å². The summed E-state index contributed by atoms with van der Waals surface area (Å²) < 4.78 is 5.50. The largest absolute Gasteiger partial charge is 0.466 e. The van der Waals surface area contributed by atoms with Crippen molar-refractivity contribution in [3.8, 4) is 0 Å². The number of esters is 1. The van der Waals surface area contributed by atoms with Crippen LogP contribution in [0.5, 0.6) is 0 Å². The minimum absolute atomic E-state index is 0.0107. The number of allylic oxidation sites excluding steroid dienone is 5. The summed E-state index contributed by atoms with van der Waals surface area (Å²) in [5, 5.41) is 23.3. The van der Waals surface area contributed by atoms with E-state index in [9.17, 15) is 19.8 Å². The molecule has 0 heterocycles. The Bertz CT molecular complexity index is 1380. The van der Waals surface area contributed by atoms with Crippen molar-refractivity contribution in [2.24, 2.45) is 0 Å². The van der Waals surface area contributed by atoms with E-state index in [0.717, 1.165) is 51.4 Å². The van der Waals surface area contributed by atoms with Gasteiger partial charge in [-0.1, -0.05) is 391 Å². The third-order valence-electron chi connectivity index (χ3n) is 18.2. The van der Waals surface area contributed by atoms with Crippen molar-refractivity contribution in [1.29, 1.82) is 0 Å². The molecule has 0 spiro atoms. The topological polar surface area (TPSA) is 95.9 Å². The smallest absolute Gasteiger partial charge is 0.305 e. The van der Waals surface area contributed by atoms with Gasteiger partial charge in [0, 0.05) is 12.8 Å². The van der Waals surface area contributed by atoms with Crippen molar-refractivity contribution in [1.82, 2.24) is 5.32 Å². The fraction of sp³-hybridized carbons (Fsp3) is 0.899. The quantitative estimate of drug-likeness (QED) is 0.0320. The van der Waals surface area contributed by atoms with Gasteiger partial charge in [-0.3, -0.25) is 9.59 Å². The minimum atomic E-state index is -0.844. The lowest BCUT2D eigenvalue weighted by molar-refractivity contribution is -0.143. The number of hydrogen-bond acceptors (Lipinski definition) is 5. The summed E-state index contributed by atoms with van der Waals surface area (Å²) in [6.07, 6.45) is 96.8. The number of aliphatic hydroxyl groups excluding tert-OH is 2. The number of hydrogen-bond donors (Lipinski definition) is 3. The predicted octanol–water partition coefficient (Wildman–Crippen LogP) is 25.4. The van der Waals surface area contributed by atoms with E-state index in [1.54, 1.807) is 6.08 Å². The highest BCUT2D eigenvalue weighted by atomic mass is 16.5. The van der Waals surface area contributed by atoms with Crippen LogP contribution in [-0.2, 0) is 14.3 Å². The van der Waals surface area contributed by atoms with Crippen molar-refractivity contribution in [3.05, 3.63) is 36.5 Å². The molecule has 6 nitrogen and oxygen atoms in total. The fourth-order valence-electron chi connectivity index (χ4n) is 12.3. The van der Waals surface area contributed by atoms with E-state index in [4.69, 9.17) is 4.74 Å². The normalized spacial score (nSPS) is 12.7. The van der Waals surface area contributed by atoms with Crippen LogP contribution in [0.25, 0.3) is 0 Å². The van der Waals surface area contributed by atoms with Gasteiger partial charge in [-0.05, 0) is 64.2 Å². The van der Waals surface area contributed by atoms with Crippen molar-refractivity contribution in [2.45, 2.75) is 443 Å². The molecule has 502 valence electrons. The second kappa shape index (κ2) is 74.5. The second-order valence-corrected chi connectivity index (χ2v) is 26.7. The SMILES string of the molecule is CCCCC/C=C\C/C=C\CCCCCCCCCC(=O)OCCCCCCCCCCCCCCCCCCCCCCCCCCCCCC(=O)NC(CO)C(O)/C=C/CCCCCCCCCCCCCCCCCCCCCCCC. The lowest BCUT2D eigenvalue weighted by Gasteiger charge is -2.20. The van der Waals surface area contributed by atoms with Gasteiger partial charge in [0.05, 0.1) is 25.4 Å². The fourth-order valence-corrected chi connectivity index (χ4v) is 12.3. The highest BCUT2D eigenvalue weighted by Crippen LogP contribution is 2.20. The zero-order valence-electron chi connectivity index (χ0n) is 57.6. The monoisotopic (exact) mass is 1190 g/mol. The maximum absolute atomic E-state index is 12.6. The molecule has 0 aromatic heterocycles. The summed E-state index contributed by atoms with van der Waals surface area (Å²) in [6, 6.07) is -0.628. The first-order valence-electron chi connectivity index (χ1n) is 38.8. The van der Waals surface area contributed by atoms with Gasteiger partial charge in [0.1, 0.15) is 0 Å². The molecule has 3 N–H and O–H groups in total. The highest BCUT2D eigenvalue weighted by Gasteiger charge is 2.18. The number of rotatable bonds is 73. The van der Waals surface area contributed by atoms with Crippen molar-refractivity contribution in [3.63, 3.8) is 0 Å². The Morgan fingerprint density at radius 3 is 0.918 bits per heavy atom. The molecule has 0 aromatic carbocycles. The Morgan fingerprint density at radius 2 is 0.588 bits per heavy atom. The zero-order chi connectivity index (χ0) is 61.3. The van der Waals surface area contributed by atoms with Crippen LogP contribution >= 0.6 is 0 Å². The molecule has 0 rings (SSSR count). The van der Waals surface area contributed by atoms with Crippen LogP contribution in [0.1, 0.15) is 431 Å². The third-order valence-corrected chi connectivity index (χ3v) is 18.2. The minimum Gasteiger partial charge on any atom is -0.466 e. The van der Waals surface area contributed by atoms with Crippen molar-refractivity contribution >= 4 is 11.9 Å². The number of carbonyl (C=O) groups is 2. The van der Waals surface area contributed by atoms with Gasteiger partial charge in [-0.2, -0.15) is 0 Å². The van der Waals surface area contributed by atoms with Gasteiger partial charge < -0.3 is 20.3 Å². The molecule has 0 aromatic rings. The molecule has 1 amide bonds. The van der Waals surface area contributed by atoms with Crippen LogP contribution in [0.2, 0.25) is 0 Å². The average molecular weight is 1200 g/mol. The Hall–Kier alpha value is -1.92.